The summed E-state index contributed by atoms with van der Waals surface area (Å²) in [6.07, 6.45) is 2.80. The molecule has 1 N–H and O–H groups in total. The maximum absolute atomic E-state index is 11.7. The number of esters is 1. The third-order valence-electron chi connectivity index (χ3n) is 3.36. The van der Waals surface area contributed by atoms with E-state index in [1.165, 1.54) is 12.8 Å². The highest BCUT2D eigenvalue weighted by atomic mass is 16.6. The first-order valence-corrected chi connectivity index (χ1v) is 6.52. The molecule has 3 atom stereocenters. The molecule has 0 spiro atoms. The molecule has 17 heavy (non-hydrogen) atoms. The van der Waals surface area contributed by atoms with Crippen molar-refractivity contribution in [1.82, 2.24) is 5.32 Å². The van der Waals surface area contributed by atoms with Crippen LogP contribution in [0.25, 0.3) is 0 Å². The van der Waals surface area contributed by atoms with Crippen molar-refractivity contribution in [2.45, 2.75) is 39.2 Å². The van der Waals surface area contributed by atoms with E-state index in [0.29, 0.717) is 24.9 Å². The standard InChI is InChI=1S/C13H25NO3/c1-10(12-5-4-6-14-8-12)7-13(15)17-11(2)9-16-3/h10-12,14H,4-9H2,1-3H3. The van der Waals surface area contributed by atoms with Gasteiger partial charge >= 0.3 is 5.97 Å². The van der Waals surface area contributed by atoms with Crippen molar-refractivity contribution in [3.63, 3.8) is 0 Å². The van der Waals surface area contributed by atoms with Gasteiger partial charge in [-0.15, -0.1) is 0 Å². The second kappa shape index (κ2) is 7.67. The lowest BCUT2D eigenvalue weighted by Crippen LogP contribution is -2.34. The summed E-state index contributed by atoms with van der Waals surface area (Å²) in [6, 6.07) is 0. The molecule has 4 nitrogen and oxygen atoms in total. The lowest BCUT2D eigenvalue weighted by atomic mass is 9.85. The van der Waals surface area contributed by atoms with Gasteiger partial charge in [-0.25, -0.2) is 0 Å². The molecule has 0 radical (unpaired) electrons. The van der Waals surface area contributed by atoms with Gasteiger partial charge in [0.05, 0.1) is 6.61 Å². The summed E-state index contributed by atoms with van der Waals surface area (Å²) in [5.41, 5.74) is 0. The Kier molecular flexibility index (Phi) is 6.52. The van der Waals surface area contributed by atoms with E-state index in [9.17, 15) is 4.79 Å². The van der Waals surface area contributed by atoms with E-state index in [4.69, 9.17) is 9.47 Å². The van der Waals surface area contributed by atoms with E-state index >= 15 is 0 Å². The molecule has 4 heteroatoms. The van der Waals surface area contributed by atoms with E-state index in [1.807, 2.05) is 6.92 Å². The lowest BCUT2D eigenvalue weighted by Gasteiger charge is -2.28. The average molecular weight is 243 g/mol. The van der Waals surface area contributed by atoms with Crippen LogP contribution in [-0.4, -0.2) is 38.9 Å². The molecule has 0 aromatic heterocycles. The van der Waals surface area contributed by atoms with Gasteiger partial charge in [-0.3, -0.25) is 4.79 Å². The molecule has 3 unspecified atom stereocenters. The van der Waals surface area contributed by atoms with E-state index in [2.05, 4.69) is 12.2 Å². The number of ether oxygens (including phenoxy) is 2. The number of carbonyl (C=O) groups excluding carboxylic acids is 1. The van der Waals surface area contributed by atoms with Crippen LogP contribution >= 0.6 is 0 Å². The number of methoxy groups -OCH3 is 1. The van der Waals surface area contributed by atoms with Crippen LogP contribution in [0.2, 0.25) is 0 Å². The molecular weight excluding hydrogens is 218 g/mol. The quantitative estimate of drug-likeness (QED) is 0.720. The lowest BCUT2D eigenvalue weighted by molar-refractivity contribution is -0.152. The summed E-state index contributed by atoms with van der Waals surface area (Å²) in [5.74, 6) is 0.895. The van der Waals surface area contributed by atoms with Crippen molar-refractivity contribution in [2.24, 2.45) is 11.8 Å². The van der Waals surface area contributed by atoms with Gasteiger partial charge in [0.25, 0.3) is 0 Å². The Bertz CT molecular complexity index is 227. The Morgan fingerprint density at radius 3 is 2.82 bits per heavy atom. The average Bonchev–Trinajstić information content (AvgIpc) is 2.30. The highest BCUT2D eigenvalue weighted by Crippen LogP contribution is 2.22. The zero-order chi connectivity index (χ0) is 12.7. The third kappa shape index (κ3) is 5.50. The monoisotopic (exact) mass is 243 g/mol. The van der Waals surface area contributed by atoms with Crippen LogP contribution in [0.4, 0.5) is 0 Å². The number of rotatable bonds is 6. The first-order valence-electron chi connectivity index (χ1n) is 6.52. The number of hydrogen-bond acceptors (Lipinski definition) is 4. The fraction of sp³-hybridized carbons (Fsp3) is 0.923. The molecule has 1 aliphatic heterocycles. The molecule has 100 valence electrons. The second-order valence-electron chi connectivity index (χ2n) is 5.04. The fourth-order valence-electron chi connectivity index (χ4n) is 2.34. The Morgan fingerprint density at radius 1 is 1.47 bits per heavy atom. The van der Waals surface area contributed by atoms with Gasteiger partial charge in [0, 0.05) is 13.5 Å². The Hall–Kier alpha value is -0.610. The summed E-state index contributed by atoms with van der Waals surface area (Å²) in [6.45, 7) is 6.60. The van der Waals surface area contributed by atoms with Gasteiger partial charge in [-0.1, -0.05) is 6.92 Å². The first-order chi connectivity index (χ1) is 8.13. The van der Waals surface area contributed by atoms with Gasteiger partial charge < -0.3 is 14.8 Å². The van der Waals surface area contributed by atoms with Crippen LogP contribution in [0, 0.1) is 11.8 Å². The minimum Gasteiger partial charge on any atom is -0.460 e. The summed E-state index contributed by atoms with van der Waals surface area (Å²) < 4.78 is 10.2. The van der Waals surface area contributed by atoms with Gasteiger partial charge in [0.2, 0.25) is 0 Å². The van der Waals surface area contributed by atoms with Crippen molar-refractivity contribution in [1.29, 1.82) is 0 Å². The van der Waals surface area contributed by atoms with Gasteiger partial charge in [-0.2, -0.15) is 0 Å². The maximum Gasteiger partial charge on any atom is 0.306 e. The van der Waals surface area contributed by atoms with Crippen LogP contribution in [0.5, 0.6) is 0 Å². The molecule has 0 saturated carbocycles. The number of nitrogens with one attached hydrogen (secondary N) is 1. The molecule has 0 bridgehead atoms. The Balaban J connectivity index is 2.24. The van der Waals surface area contributed by atoms with Crippen molar-refractivity contribution in [2.75, 3.05) is 26.8 Å². The molecule has 1 aliphatic rings. The predicted octanol–water partition coefficient (Wildman–Crippen LogP) is 1.59. The van der Waals surface area contributed by atoms with Gasteiger partial charge in [-0.05, 0) is 44.7 Å². The van der Waals surface area contributed by atoms with Gasteiger partial charge in [0.15, 0.2) is 0 Å². The number of hydrogen-bond donors (Lipinski definition) is 1. The summed E-state index contributed by atoms with van der Waals surface area (Å²) in [4.78, 5) is 11.7. The minimum absolute atomic E-state index is 0.104. The molecule has 1 heterocycles. The van der Waals surface area contributed by atoms with Crippen molar-refractivity contribution >= 4 is 5.97 Å². The maximum atomic E-state index is 11.7. The predicted molar refractivity (Wildman–Crippen MR) is 66.8 cm³/mol. The van der Waals surface area contributed by atoms with E-state index in [1.54, 1.807) is 7.11 Å². The highest BCUT2D eigenvalue weighted by molar-refractivity contribution is 5.69. The summed E-state index contributed by atoms with van der Waals surface area (Å²) in [5, 5.41) is 3.38. The SMILES string of the molecule is COCC(C)OC(=O)CC(C)C1CCCNC1. The van der Waals surface area contributed by atoms with Crippen LogP contribution in [-0.2, 0) is 14.3 Å². The zero-order valence-electron chi connectivity index (χ0n) is 11.2. The summed E-state index contributed by atoms with van der Waals surface area (Å²) in [7, 11) is 1.61. The minimum atomic E-state index is -0.149. The van der Waals surface area contributed by atoms with Crippen LogP contribution in [0.1, 0.15) is 33.1 Å². The molecule has 0 aliphatic carbocycles. The first kappa shape index (κ1) is 14.5. The van der Waals surface area contributed by atoms with Crippen LogP contribution in [0.3, 0.4) is 0 Å². The third-order valence-corrected chi connectivity index (χ3v) is 3.36. The number of carbonyl (C=O) groups is 1. The molecule has 1 fully saturated rings. The molecule has 0 amide bonds. The second-order valence-corrected chi connectivity index (χ2v) is 5.04. The Morgan fingerprint density at radius 2 is 2.24 bits per heavy atom. The van der Waals surface area contributed by atoms with Crippen molar-refractivity contribution in [3.8, 4) is 0 Å². The number of piperidine rings is 1. The Labute approximate surface area is 104 Å². The fourth-order valence-corrected chi connectivity index (χ4v) is 2.34. The van der Waals surface area contributed by atoms with Crippen molar-refractivity contribution < 1.29 is 14.3 Å². The van der Waals surface area contributed by atoms with Crippen molar-refractivity contribution in [3.05, 3.63) is 0 Å². The van der Waals surface area contributed by atoms with Crippen LogP contribution in [0.15, 0.2) is 0 Å². The smallest absolute Gasteiger partial charge is 0.306 e. The molecule has 1 rings (SSSR count). The topological polar surface area (TPSA) is 47.6 Å². The normalized spacial score (nSPS) is 24.1. The van der Waals surface area contributed by atoms with Crippen LogP contribution < -0.4 is 5.32 Å². The largest absolute Gasteiger partial charge is 0.460 e. The molecule has 1 saturated heterocycles. The molecule has 0 aromatic carbocycles. The van der Waals surface area contributed by atoms with Gasteiger partial charge in [0.1, 0.15) is 6.10 Å². The van der Waals surface area contributed by atoms with E-state index < -0.39 is 0 Å². The highest BCUT2D eigenvalue weighted by Gasteiger charge is 2.23. The molecular formula is C13H25NO3. The molecule has 0 aromatic rings. The van der Waals surface area contributed by atoms with E-state index in [0.717, 1.165) is 13.1 Å². The zero-order valence-corrected chi connectivity index (χ0v) is 11.2. The van der Waals surface area contributed by atoms with E-state index in [-0.39, 0.29) is 12.1 Å². The summed E-state index contributed by atoms with van der Waals surface area (Å²) >= 11 is 0.